The maximum Gasteiger partial charge on any atom is 0.242 e. The van der Waals surface area contributed by atoms with Gasteiger partial charge < -0.3 is 0 Å². The van der Waals surface area contributed by atoms with Crippen LogP contribution in [-0.2, 0) is 10.0 Å². The quantitative estimate of drug-likeness (QED) is 0.931. The third-order valence-corrected chi connectivity index (χ3v) is 5.86. The van der Waals surface area contributed by atoms with E-state index in [1.54, 1.807) is 24.3 Å². The molecule has 1 saturated carbocycles. The van der Waals surface area contributed by atoms with Crippen molar-refractivity contribution in [2.24, 2.45) is 0 Å². The molecule has 0 radical (unpaired) electrons. The van der Waals surface area contributed by atoms with Crippen molar-refractivity contribution in [3.63, 3.8) is 0 Å². The Bertz CT molecular complexity index is 507. The van der Waals surface area contributed by atoms with Crippen LogP contribution in [0.15, 0.2) is 33.6 Å². The van der Waals surface area contributed by atoms with Crippen molar-refractivity contribution in [1.29, 1.82) is 0 Å². The van der Waals surface area contributed by atoms with Gasteiger partial charge in [0.1, 0.15) is 0 Å². The second kappa shape index (κ2) is 4.71. The fourth-order valence-electron chi connectivity index (χ4n) is 2.30. The number of sulfonamides is 1. The Labute approximate surface area is 111 Å². The van der Waals surface area contributed by atoms with Crippen LogP contribution in [-0.4, -0.2) is 14.0 Å². The van der Waals surface area contributed by atoms with Crippen molar-refractivity contribution in [2.45, 2.75) is 43.0 Å². The molecule has 0 bridgehead atoms. The summed E-state index contributed by atoms with van der Waals surface area (Å²) in [5.41, 5.74) is -0.284. The minimum absolute atomic E-state index is 0.284. The molecular weight excluding hydrogens is 302 g/mol. The molecule has 94 valence electrons. The Morgan fingerprint density at radius 1 is 1.24 bits per heavy atom. The molecule has 0 amide bonds. The average Bonchev–Trinajstić information content (AvgIpc) is 2.64. The van der Waals surface area contributed by atoms with E-state index in [1.807, 2.05) is 6.92 Å². The summed E-state index contributed by atoms with van der Waals surface area (Å²) >= 11 is 3.28. The normalized spacial score (nSPS) is 19.4. The van der Waals surface area contributed by atoms with E-state index in [-0.39, 0.29) is 5.54 Å². The number of halogens is 1. The number of benzene rings is 1. The molecule has 2 rings (SSSR count). The summed E-state index contributed by atoms with van der Waals surface area (Å²) in [6.45, 7) is 1.98. The highest BCUT2D eigenvalue weighted by atomic mass is 79.9. The Hall–Kier alpha value is -0.390. The summed E-state index contributed by atoms with van der Waals surface area (Å²) in [6.07, 6.45) is 4.01. The van der Waals surface area contributed by atoms with Crippen molar-refractivity contribution in [3.05, 3.63) is 28.7 Å². The highest BCUT2D eigenvalue weighted by Crippen LogP contribution is 2.31. The zero-order valence-corrected chi connectivity index (χ0v) is 12.1. The maximum absolute atomic E-state index is 12.3. The van der Waals surface area contributed by atoms with Gasteiger partial charge in [-0.05, 0) is 47.8 Å². The molecule has 0 heterocycles. The first-order valence-electron chi connectivity index (χ1n) is 5.72. The largest absolute Gasteiger partial charge is 0.242 e. The van der Waals surface area contributed by atoms with Gasteiger partial charge in [0.25, 0.3) is 0 Å². The van der Waals surface area contributed by atoms with Crippen LogP contribution in [0.5, 0.6) is 0 Å². The standard InChI is InChI=1S/C12H16BrNO2S/c1-12(8-4-5-9-12)14-17(15,16)11-7-3-2-6-10(11)13/h2-3,6-7,14H,4-5,8-9H2,1H3. The van der Waals surface area contributed by atoms with Crippen molar-refractivity contribution >= 4 is 26.0 Å². The molecule has 5 heteroatoms. The molecule has 1 aliphatic rings. The van der Waals surface area contributed by atoms with Gasteiger partial charge >= 0.3 is 0 Å². The first-order valence-corrected chi connectivity index (χ1v) is 7.99. The van der Waals surface area contributed by atoms with Crippen LogP contribution < -0.4 is 4.72 Å². The van der Waals surface area contributed by atoms with Crippen LogP contribution in [0.4, 0.5) is 0 Å². The molecular formula is C12H16BrNO2S. The van der Waals surface area contributed by atoms with E-state index in [1.165, 1.54) is 0 Å². The van der Waals surface area contributed by atoms with Gasteiger partial charge in [-0.2, -0.15) is 0 Å². The predicted molar refractivity (Wildman–Crippen MR) is 71.3 cm³/mol. The van der Waals surface area contributed by atoms with E-state index in [0.717, 1.165) is 25.7 Å². The molecule has 0 spiro atoms. The third-order valence-electron chi connectivity index (χ3n) is 3.21. The summed E-state index contributed by atoms with van der Waals surface area (Å²) in [5.74, 6) is 0. The second-order valence-corrected chi connectivity index (χ2v) is 7.31. The number of rotatable bonds is 3. The predicted octanol–water partition coefficient (Wildman–Crippen LogP) is 3.06. The summed E-state index contributed by atoms with van der Waals surface area (Å²) in [6, 6.07) is 6.90. The van der Waals surface area contributed by atoms with Gasteiger partial charge in [0.05, 0.1) is 4.90 Å². The Morgan fingerprint density at radius 3 is 2.41 bits per heavy atom. The number of hydrogen-bond acceptors (Lipinski definition) is 2. The van der Waals surface area contributed by atoms with Crippen LogP contribution in [0.1, 0.15) is 32.6 Å². The monoisotopic (exact) mass is 317 g/mol. The fraction of sp³-hybridized carbons (Fsp3) is 0.500. The van der Waals surface area contributed by atoms with E-state index >= 15 is 0 Å². The molecule has 1 aromatic carbocycles. The molecule has 0 aromatic heterocycles. The number of nitrogens with one attached hydrogen (secondary N) is 1. The van der Waals surface area contributed by atoms with Crippen molar-refractivity contribution < 1.29 is 8.42 Å². The molecule has 1 fully saturated rings. The zero-order valence-electron chi connectivity index (χ0n) is 9.74. The smallest absolute Gasteiger partial charge is 0.207 e. The second-order valence-electron chi connectivity index (χ2n) is 4.80. The minimum atomic E-state index is -3.43. The number of hydrogen-bond donors (Lipinski definition) is 1. The lowest BCUT2D eigenvalue weighted by Gasteiger charge is -2.25. The van der Waals surface area contributed by atoms with Crippen molar-refractivity contribution in [2.75, 3.05) is 0 Å². The minimum Gasteiger partial charge on any atom is -0.207 e. The van der Waals surface area contributed by atoms with Gasteiger partial charge in [0.2, 0.25) is 10.0 Å². The van der Waals surface area contributed by atoms with Gasteiger partial charge in [0, 0.05) is 10.0 Å². The van der Waals surface area contributed by atoms with Gasteiger partial charge in [-0.25, -0.2) is 13.1 Å². The molecule has 1 N–H and O–H groups in total. The van der Waals surface area contributed by atoms with Gasteiger partial charge in [-0.3, -0.25) is 0 Å². The van der Waals surface area contributed by atoms with Crippen molar-refractivity contribution in [3.8, 4) is 0 Å². The lowest BCUT2D eigenvalue weighted by molar-refractivity contribution is 0.427. The SMILES string of the molecule is CC1(NS(=O)(=O)c2ccccc2Br)CCCC1. The molecule has 3 nitrogen and oxygen atoms in total. The Balaban J connectivity index is 2.28. The fourth-order valence-corrected chi connectivity index (χ4v) is 4.77. The van der Waals surface area contributed by atoms with Crippen LogP contribution in [0, 0.1) is 0 Å². The van der Waals surface area contributed by atoms with Gasteiger partial charge in [-0.1, -0.05) is 25.0 Å². The van der Waals surface area contributed by atoms with Gasteiger partial charge in [-0.15, -0.1) is 0 Å². The Morgan fingerprint density at radius 2 is 1.82 bits per heavy atom. The first-order chi connectivity index (χ1) is 7.93. The topological polar surface area (TPSA) is 46.2 Å². The summed E-state index contributed by atoms with van der Waals surface area (Å²) < 4.78 is 28.0. The molecule has 1 aromatic rings. The molecule has 0 aliphatic heterocycles. The highest BCUT2D eigenvalue weighted by molar-refractivity contribution is 9.10. The van der Waals surface area contributed by atoms with Crippen LogP contribution >= 0.6 is 15.9 Å². The maximum atomic E-state index is 12.3. The highest BCUT2D eigenvalue weighted by Gasteiger charge is 2.33. The van der Waals surface area contributed by atoms with Crippen LogP contribution in [0.2, 0.25) is 0 Å². The molecule has 0 unspecified atom stereocenters. The Kier molecular flexibility index (Phi) is 3.61. The van der Waals surface area contributed by atoms with Gasteiger partial charge in [0.15, 0.2) is 0 Å². The lowest BCUT2D eigenvalue weighted by Crippen LogP contribution is -2.43. The van der Waals surface area contributed by atoms with E-state index < -0.39 is 10.0 Å². The molecule has 1 aliphatic carbocycles. The van der Waals surface area contributed by atoms with Crippen molar-refractivity contribution in [1.82, 2.24) is 4.72 Å². The summed E-state index contributed by atoms with van der Waals surface area (Å²) in [5, 5.41) is 0. The molecule has 0 atom stereocenters. The van der Waals surface area contributed by atoms with Crippen LogP contribution in [0.25, 0.3) is 0 Å². The molecule has 0 saturated heterocycles. The molecule has 17 heavy (non-hydrogen) atoms. The lowest BCUT2D eigenvalue weighted by atomic mass is 10.0. The van der Waals surface area contributed by atoms with E-state index in [4.69, 9.17) is 0 Å². The first kappa shape index (κ1) is 13.1. The van der Waals surface area contributed by atoms with Crippen LogP contribution in [0.3, 0.4) is 0 Å². The van der Waals surface area contributed by atoms with E-state index in [0.29, 0.717) is 9.37 Å². The van der Waals surface area contributed by atoms with E-state index in [2.05, 4.69) is 20.7 Å². The zero-order chi connectivity index (χ0) is 12.5. The average molecular weight is 318 g/mol. The summed E-state index contributed by atoms with van der Waals surface area (Å²) in [7, 11) is -3.43. The van der Waals surface area contributed by atoms with E-state index in [9.17, 15) is 8.42 Å². The third kappa shape index (κ3) is 2.89. The summed E-state index contributed by atoms with van der Waals surface area (Å²) in [4.78, 5) is 0.313.